The summed E-state index contributed by atoms with van der Waals surface area (Å²) >= 11 is 6.62. The van der Waals surface area contributed by atoms with Crippen LogP contribution in [0.1, 0.15) is 24.7 Å². The van der Waals surface area contributed by atoms with Crippen LogP contribution in [0.15, 0.2) is 30.3 Å². The molecular weight excluding hydrogens is 306 g/mol. The molecule has 3 N–H and O–H groups in total. The average Bonchev–Trinajstić information content (AvgIpc) is 2.46. The normalized spacial score (nSPS) is 11.5. The fourth-order valence-corrected chi connectivity index (χ4v) is 3.36. The highest BCUT2D eigenvalue weighted by atomic mass is 32.2. The number of carbonyl (C=O) groups excluding carboxylic acids is 2. The van der Waals surface area contributed by atoms with E-state index >= 15 is 0 Å². The molecule has 0 spiro atoms. The van der Waals surface area contributed by atoms with Crippen LogP contribution in [0.3, 0.4) is 0 Å². The molecule has 1 rings (SSSR count). The lowest BCUT2D eigenvalue weighted by molar-refractivity contribution is -0.119. The van der Waals surface area contributed by atoms with E-state index in [0.29, 0.717) is 4.32 Å². The fourth-order valence-electron chi connectivity index (χ4n) is 1.74. The summed E-state index contributed by atoms with van der Waals surface area (Å²) < 4.78 is 0.619. The molecule has 0 aliphatic heterocycles. The third kappa shape index (κ3) is 5.35. The zero-order valence-electron chi connectivity index (χ0n) is 12.0. The second-order valence-corrected chi connectivity index (χ2v) is 5.94. The Morgan fingerprint density at radius 3 is 2.33 bits per heavy atom. The number of primary amides is 1. The Labute approximate surface area is 134 Å². The number of rotatable bonds is 5. The van der Waals surface area contributed by atoms with Gasteiger partial charge in [-0.2, -0.15) is 0 Å². The third-order valence-corrected chi connectivity index (χ3v) is 4.56. The Balaban J connectivity index is 2.95. The van der Waals surface area contributed by atoms with E-state index in [9.17, 15) is 9.59 Å². The molecule has 5 nitrogen and oxygen atoms in total. The number of thioether (sulfide) groups is 1. The molecule has 1 atom stereocenters. The number of thiocarbonyl (C=S) groups is 1. The van der Waals surface area contributed by atoms with Gasteiger partial charge in [0.25, 0.3) is 0 Å². The Bertz CT molecular complexity index is 504. The van der Waals surface area contributed by atoms with Gasteiger partial charge in [-0.25, -0.2) is 4.79 Å². The molecule has 1 aromatic rings. The van der Waals surface area contributed by atoms with E-state index in [-0.39, 0.29) is 0 Å². The van der Waals surface area contributed by atoms with Crippen molar-refractivity contribution < 1.29 is 9.59 Å². The average molecular weight is 325 g/mol. The van der Waals surface area contributed by atoms with Crippen molar-refractivity contribution >= 4 is 40.2 Å². The number of hydrogen-bond donors (Lipinski definition) is 2. The number of urea groups is 1. The molecule has 0 aromatic heterocycles. The molecule has 0 aliphatic carbocycles. The van der Waals surface area contributed by atoms with Crippen molar-refractivity contribution in [3.05, 3.63) is 35.9 Å². The predicted octanol–water partition coefficient (Wildman–Crippen LogP) is 2.28. The van der Waals surface area contributed by atoms with Gasteiger partial charge < -0.3 is 10.6 Å². The van der Waals surface area contributed by atoms with Gasteiger partial charge >= 0.3 is 6.03 Å². The van der Waals surface area contributed by atoms with Crippen molar-refractivity contribution in [2.45, 2.75) is 19.1 Å². The number of carbonyl (C=O) groups is 2. The van der Waals surface area contributed by atoms with Gasteiger partial charge in [-0.15, -0.1) is 0 Å². The van der Waals surface area contributed by atoms with Gasteiger partial charge in [0.15, 0.2) is 0 Å². The molecule has 0 heterocycles. The third-order valence-electron chi connectivity index (χ3n) is 2.83. The summed E-state index contributed by atoms with van der Waals surface area (Å²) in [7, 11) is 0. The van der Waals surface area contributed by atoms with Gasteiger partial charge in [0, 0.05) is 13.1 Å². The topological polar surface area (TPSA) is 75.4 Å². The summed E-state index contributed by atoms with van der Waals surface area (Å²) in [5.41, 5.74) is 5.80. The molecule has 0 radical (unpaired) electrons. The highest BCUT2D eigenvalue weighted by Crippen LogP contribution is 2.31. The van der Waals surface area contributed by atoms with E-state index in [4.69, 9.17) is 18.0 Å². The van der Waals surface area contributed by atoms with Gasteiger partial charge in [0.05, 0.1) is 0 Å². The number of imide groups is 1. The van der Waals surface area contributed by atoms with Crippen molar-refractivity contribution in [1.82, 2.24) is 10.2 Å². The number of nitrogens with zero attached hydrogens (tertiary/aromatic N) is 1. The molecule has 7 heteroatoms. The van der Waals surface area contributed by atoms with Crippen LogP contribution < -0.4 is 11.1 Å². The van der Waals surface area contributed by atoms with Gasteiger partial charge in [0.2, 0.25) is 5.91 Å². The molecule has 0 saturated carbocycles. The minimum atomic E-state index is -0.865. The number of amides is 3. The zero-order valence-corrected chi connectivity index (χ0v) is 13.7. The molecule has 21 heavy (non-hydrogen) atoms. The van der Waals surface area contributed by atoms with Crippen LogP contribution in [0.25, 0.3) is 0 Å². The number of nitrogens with two attached hydrogens (primary N) is 1. The van der Waals surface area contributed by atoms with Crippen molar-refractivity contribution in [2.75, 3.05) is 13.1 Å². The first-order valence-corrected chi connectivity index (χ1v) is 7.89. The standard InChI is InChI=1S/C14H19N3O2S2/c1-3-17(4-2)14(20)21-11(12(18)16-13(15)19)10-8-6-5-7-9-10/h5-9,11H,3-4H2,1-2H3,(H3,15,16,18,19)/t11-/m0/s1. The van der Waals surface area contributed by atoms with E-state index in [1.807, 2.05) is 49.1 Å². The number of hydrogen-bond acceptors (Lipinski definition) is 4. The lowest BCUT2D eigenvalue weighted by atomic mass is 10.1. The smallest absolute Gasteiger partial charge is 0.318 e. The quantitative estimate of drug-likeness (QED) is 0.812. The molecule has 3 amide bonds. The van der Waals surface area contributed by atoms with Crippen molar-refractivity contribution in [1.29, 1.82) is 0 Å². The van der Waals surface area contributed by atoms with E-state index < -0.39 is 17.2 Å². The van der Waals surface area contributed by atoms with Crippen LogP contribution in [0, 0.1) is 0 Å². The van der Waals surface area contributed by atoms with E-state index in [0.717, 1.165) is 18.7 Å². The van der Waals surface area contributed by atoms with Gasteiger partial charge in [-0.3, -0.25) is 10.1 Å². The number of benzene rings is 1. The first-order valence-electron chi connectivity index (χ1n) is 6.60. The molecule has 0 bridgehead atoms. The maximum atomic E-state index is 12.2. The first-order chi connectivity index (χ1) is 9.99. The lowest BCUT2D eigenvalue weighted by Crippen LogP contribution is -2.38. The summed E-state index contributed by atoms with van der Waals surface area (Å²) in [5.74, 6) is -0.465. The maximum Gasteiger partial charge on any atom is 0.318 e. The maximum absolute atomic E-state index is 12.2. The van der Waals surface area contributed by atoms with E-state index in [1.165, 1.54) is 11.8 Å². The summed E-state index contributed by atoms with van der Waals surface area (Å²) in [6, 6.07) is 8.31. The van der Waals surface area contributed by atoms with Crippen molar-refractivity contribution in [3.8, 4) is 0 Å². The van der Waals surface area contributed by atoms with Crippen LogP contribution in [-0.4, -0.2) is 34.2 Å². The minimum Gasteiger partial charge on any atom is -0.358 e. The second kappa shape index (κ2) is 8.63. The monoisotopic (exact) mass is 325 g/mol. The first kappa shape index (κ1) is 17.5. The van der Waals surface area contributed by atoms with E-state index in [2.05, 4.69) is 5.32 Å². The van der Waals surface area contributed by atoms with Crippen LogP contribution in [0.5, 0.6) is 0 Å². The summed E-state index contributed by atoms with van der Waals surface area (Å²) in [5, 5.41) is 1.52. The Morgan fingerprint density at radius 2 is 1.86 bits per heavy atom. The molecule has 114 valence electrons. The zero-order chi connectivity index (χ0) is 15.8. The summed E-state index contributed by atoms with van der Waals surface area (Å²) in [6.45, 7) is 5.53. The van der Waals surface area contributed by atoms with Crippen LogP contribution in [-0.2, 0) is 4.79 Å². The van der Waals surface area contributed by atoms with Crippen LogP contribution >= 0.6 is 24.0 Å². The van der Waals surface area contributed by atoms with Gasteiger partial charge in [-0.1, -0.05) is 54.3 Å². The van der Waals surface area contributed by atoms with Crippen LogP contribution in [0.2, 0.25) is 0 Å². The lowest BCUT2D eigenvalue weighted by Gasteiger charge is -2.24. The highest BCUT2D eigenvalue weighted by molar-refractivity contribution is 8.23. The van der Waals surface area contributed by atoms with Crippen molar-refractivity contribution in [2.24, 2.45) is 5.73 Å². The minimum absolute atomic E-state index is 0.465. The van der Waals surface area contributed by atoms with Crippen molar-refractivity contribution in [3.63, 3.8) is 0 Å². The molecule has 0 saturated heterocycles. The fraction of sp³-hybridized carbons (Fsp3) is 0.357. The van der Waals surface area contributed by atoms with Gasteiger partial charge in [-0.05, 0) is 19.4 Å². The molecule has 0 fully saturated rings. The SMILES string of the molecule is CCN(CC)C(=S)S[C@H](C(=O)NC(N)=O)c1ccccc1. The van der Waals surface area contributed by atoms with Gasteiger partial charge in [0.1, 0.15) is 9.57 Å². The summed E-state index contributed by atoms with van der Waals surface area (Å²) in [6.07, 6.45) is 0. The predicted molar refractivity (Wildman–Crippen MR) is 90.0 cm³/mol. The Hall–Kier alpha value is -1.60. The molecular formula is C14H19N3O2S2. The molecule has 0 unspecified atom stereocenters. The Morgan fingerprint density at radius 1 is 1.29 bits per heavy atom. The number of nitrogens with one attached hydrogen (secondary N) is 1. The van der Waals surface area contributed by atoms with Crippen LogP contribution in [0.4, 0.5) is 4.79 Å². The molecule has 1 aromatic carbocycles. The Kier molecular flexibility index (Phi) is 7.18. The molecule has 0 aliphatic rings. The summed E-state index contributed by atoms with van der Waals surface area (Å²) in [4.78, 5) is 25.1. The largest absolute Gasteiger partial charge is 0.358 e. The highest BCUT2D eigenvalue weighted by Gasteiger charge is 2.25. The van der Waals surface area contributed by atoms with E-state index in [1.54, 1.807) is 0 Å². The second-order valence-electron chi connectivity index (χ2n) is 4.20.